The molecular weight excluding hydrogens is 467 g/mol. The van der Waals surface area contributed by atoms with Gasteiger partial charge in [-0.25, -0.2) is 8.42 Å². The van der Waals surface area contributed by atoms with Crippen LogP contribution in [0.4, 0.5) is 18.9 Å². The van der Waals surface area contributed by atoms with Crippen molar-refractivity contribution in [3.8, 4) is 6.07 Å². The van der Waals surface area contributed by atoms with Gasteiger partial charge in [-0.3, -0.25) is 9.69 Å². The molecule has 2 rings (SSSR count). The van der Waals surface area contributed by atoms with Gasteiger partial charge in [0.2, 0.25) is 0 Å². The van der Waals surface area contributed by atoms with E-state index in [2.05, 4.69) is 4.40 Å². The zero-order valence-corrected chi connectivity index (χ0v) is 19.5. The standard InChI is InChI=1S/C19H22F3N5O3S2/c1-18(2)16(28)27(14-7-6-13(11-23)15(10-14)19(20,21)22)17(31)26(18)8-5-9-32(29,30)24-12-25(3)4/h6-7,10,12H,5,8-9H2,1-4H3/b24-12+. The van der Waals surface area contributed by atoms with E-state index in [0.717, 1.165) is 17.3 Å². The summed E-state index contributed by atoms with van der Waals surface area (Å²) in [4.78, 5) is 16.9. The van der Waals surface area contributed by atoms with Gasteiger partial charge in [-0.2, -0.15) is 22.8 Å². The van der Waals surface area contributed by atoms with E-state index in [-0.39, 0.29) is 29.5 Å². The van der Waals surface area contributed by atoms with Gasteiger partial charge in [0, 0.05) is 20.6 Å². The third kappa shape index (κ3) is 5.36. The number of sulfonamides is 1. The number of alkyl halides is 3. The normalized spacial score (nSPS) is 16.7. The maximum atomic E-state index is 13.3. The van der Waals surface area contributed by atoms with E-state index in [4.69, 9.17) is 17.5 Å². The summed E-state index contributed by atoms with van der Waals surface area (Å²) in [5, 5.41) is 8.92. The number of thiocarbonyl (C=S) groups is 1. The van der Waals surface area contributed by atoms with Crippen molar-refractivity contribution in [3.05, 3.63) is 29.3 Å². The van der Waals surface area contributed by atoms with Crippen molar-refractivity contribution in [2.45, 2.75) is 32.0 Å². The number of hydrogen-bond acceptors (Lipinski definition) is 5. The van der Waals surface area contributed by atoms with Crippen molar-refractivity contribution in [1.82, 2.24) is 9.80 Å². The number of rotatable bonds is 7. The molecule has 1 aliphatic heterocycles. The van der Waals surface area contributed by atoms with Crippen LogP contribution in [0.1, 0.15) is 31.4 Å². The van der Waals surface area contributed by atoms with Crippen molar-refractivity contribution >= 4 is 45.3 Å². The fourth-order valence-corrected chi connectivity index (χ4v) is 4.51. The van der Waals surface area contributed by atoms with Crippen LogP contribution in [0.2, 0.25) is 0 Å². The number of benzene rings is 1. The van der Waals surface area contributed by atoms with Crippen LogP contribution in [0.5, 0.6) is 0 Å². The molecule has 0 unspecified atom stereocenters. The minimum Gasteiger partial charge on any atom is -0.368 e. The maximum Gasteiger partial charge on any atom is 0.417 e. The monoisotopic (exact) mass is 489 g/mol. The maximum absolute atomic E-state index is 13.3. The van der Waals surface area contributed by atoms with Gasteiger partial charge in [0.05, 0.1) is 28.6 Å². The van der Waals surface area contributed by atoms with Crippen LogP contribution in [0.25, 0.3) is 0 Å². The van der Waals surface area contributed by atoms with E-state index in [1.807, 2.05) is 0 Å². The molecule has 1 saturated heterocycles. The molecule has 0 radical (unpaired) electrons. The molecule has 1 heterocycles. The SMILES string of the molecule is CN(C)/C=N/S(=O)(=O)CCCN1C(=S)N(c2ccc(C#N)c(C(F)(F)F)c2)C(=O)C1(C)C. The van der Waals surface area contributed by atoms with Crippen molar-refractivity contribution in [1.29, 1.82) is 5.26 Å². The summed E-state index contributed by atoms with van der Waals surface area (Å²) in [5.74, 6) is -0.857. The Morgan fingerprint density at radius 3 is 2.47 bits per heavy atom. The summed E-state index contributed by atoms with van der Waals surface area (Å²) < 4.78 is 67.6. The number of carbonyl (C=O) groups excluding carboxylic acids is 1. The fraction of sp³-hybridized carbons (Fsp3) is 0.474. The molecule has 0 atom stereocenters. The molecule has 1 aromatic rings. The van der Waals surface area contributed by atoms with Gasteiger partial charge < -0.3 is 9.80 Å². The van der Waals surface area contributed by atoms with E-state index in [0.29, 0.717) is 6.07 Å². The summed E-state index contributed by atoms with van der Waals surface area (Å²) >= 11 is 5.36. The number of hydrogen-bond donors (Lipinski definition) is 0. The average Bonchev–Trinajstić information content (AvgIpc) is 2.84. The molecule has 0 saturated carbocycles. The molecule has 0 aliphatic carbocycles. The van der Waals surface area contributed by atoms with E-state index >= 15 is 0 Å². The summed E-state index contributed by atoms with van der Waals surface area (Å²) in [5.41, 5.74) is -3.07. The third-order valence-electron chi connectivity index (χ3n) is 4.73. The molecule has 0 spiro atoms. The largest absolute Gasteiger partial charge is 0.417 e. The van der Waals surface area contributed by atoms with Crippen molar-refractivity contribution in [2.75, 3.05) is 31.3 Å². The highest BCUT2D eigenvalue weighted by atomic mass is 32.2. The topological polar surface area (TPSA) is 97.1 Å². The lowest BCUT2D eigenvalue weighted by molar-refractivity contribution is -0.137. The van der Waals surface area contributed by atoms with Crippen LogP contribution < -0.4 is 4.90 Å². The Morgan fingerprint density at radius 2 is 1.94 bits per heavy atom. The Labute approximate surface area is 190 Å². The molecule has 1 fully saturated rings. The molecular formula is C19H22F3N5O3S2. The van der Waals surface area contributed by atoms with Gasteiger partial charge >= 0.3 is 6.18 Å². The predicted molar refractivity (Wildman–Crippen MR) is 118 cm³/mol. The molecule has 0 bridgehead atoms. The molecule has 174 valence electrons. The van der Waals surface area contributed by atoms with Crippen LogP contribution in [-0.2, 0) is 21.0 Å². The quantitative estimate of drug-likeness (QED) is 0.330. The summed E-state index contributed by atoms with van der Waals surface area (Å²) in [6.07, 6.45) is -3.53. The molecule has 8 nitrogen and oxygen atoms in total. The first-order valence-corrected chi connectivity index (χ1v) is 11.4. The van der Waals surface area contributed by atoms with Crippen LogP contribution in [0, 0.1) is 11.3 Å². The van der Waals surface area contributed by atoms with Crippen molar-refractivity contribution in [3.63, 3.8) is 0 Å². The summed E-state index contributed by atoms with van der Waals surface area (Å²) in [6, 6.07) is 4.41. The van der Waals surface area contributed by atoms with Crippen LogP contribution in [0.3, 0.4) is 0 Å². The highest BCUT2D eigenvalue weighted by Gasteiger charge is 2.49. The second-order valence-corrected chi connectivity index (χ2v) is 9.95. The minimum atomic E-state index is -4.79. The number of nitriles is 1. The Balaban J connectivity index is 2.29. The zero-order valence-electron chi connectivity index (χ0n) is 17.8. The highest BCUT2D eigenvalue weighted by Crippen LogP contribution is 2.37. The number of amides is 1. The second-order valence-electron chi connectivity index (χ2n) is 7.80. The van der Waals surface area contributed by atoms with Crippen LogP contribution in [0.15, 0.2) is 22.6 Å². The molecule has 1 aliphatic rings. The van der Waals surface area contributed by atoms with Gasteiger partial charge in [-0.05, 0) is 50.7 Å². The number of halogens is 3. The van der Waals surface area contributed by atoms with E-state index in [1.165, 1.54) is 21.9 Å². The zero-order chi connectivity index (χ0) is 24.5. The minimum absolute atomic E-state index is 0.0491. The van der Waals surface area contributed by atoms with Crippen LogP contribution in [-0.4, -0.2) is 67.5 Å². The van der Waals surface area contributed by atoms with Gasteiger partial charge in [0.15, 0.2) is 5.11 Å². The Bertz CT molecular complexity index is 1090. The summed E-state index contributed by atoms with van der Waals surface area (Å²) in [7, 11) is -0.483. The highest BCUT2D eigenvalue weighted by molar-refractivity contribution is 7.90. The first-order chi connectivity index (χ1) is 14.6. The fourth-order valence-electron chi connectivity index (χ4n) is 3.07. The van der Waals surface area contributed by atoms with Gasteiger partial charge in [0.1, 0.15) is 11.9 Å². The van der Waals surface area contributed by atoms with Crippen LogP contribution >= 0.6 is 12.2 Å². The molecule has 32 heavy (non-hydrogen) atoms. The van der Waals surface area contributed by atoms with Crippen molar-refractivity contribution < 1.29 is 26.4 Å². The predicted octanol–water partition coefficient (Wildman–Crippen LogP) is 2.60. The molecule has 0 aromatic heterocycles. The number of nitrogens with zero attached hydrogens (tertiary/aromatic N) is 5. The molecule has 1 amide bonds. The number of anilines is 1. The summed E-state index contributed by atoms with van der Waals surface area (Å²) in [6.45, 7) is 3.18. The lowest BCUT2D eigenvalue weighted by Gasteiger charge is -2.29. The van der Waals surface area contributed by atoms with Gasteiger partial charge in [0.25, 0.3) is 15.9 Å². The number of carbonyl (C=O) groups is 1. The van der Waals surface area contributed by atoms with Gasteiger partial charge in [-0.15, -0.1) is 0 Å². The Morgan fingerprint density at radius 1 is 1.31 bits per heavy atom. The lowest BCUT2D eigenvalue weighted by Crippen LogP contribution is -2.44. The molecule has 1 aromatic carbocycles. The van der Waals surface area contributed by atoms with Gasteiger partial charge in [-0.1, -0.05) is 0 Å². The van der Waals surface area contributed by atoms with E-state index in [9.17, 15) is 26.4 Å². The Kier molecular flexibility index (Phi) is 7.21. The molecule has 13 heteroatoms. The first-order valence-electron chi connectivity index (χ1n) is 9.34. The van der Waals surface area contributed by atoms with E-state index < -0.39 is 38.8 Å². The van der Waals surface area contributed by atoms with Crippen molar-refractivity contribution in [2.24, 2.45) is 4.40 Å². The lowest BCUT2D eigenvalue weighted by atomic mass is 10.0. The third-order valence-corrected chi connectivity index (χ3v) is 6.36. The smallest absolute Gasteiger partial charge is 0.368 e. The first kappa shape index (κ1) is 25.5. The Hall–Kier alpha value is -2.72. The average molecular weight is 490 g/mol. The van der Waals surface area contributed by atoms with E-state index in [1.54, 1.807) is 27.9 Å². The molecule has 0 N–H and O–H groups in total. The second kappa shape index (κ2) is 9.03.